The Labute approximate surface area is 163 Å². The minimum atomic E-state index is -0.0768. The van der Waals surface area contributed by atoms with E-state index in [-0.39, 0.29) is 11.5 Å². The first-order valence-corrected chi connectivity index (χ1v) is 10.9. The van der Waals surface area contributed by atoms with Gasteiger partial charge in [0.15, 0.2) is 0 Å². The number of rotatable bonds is 5. The van der Waals surface area contributed by atoms with Crippen LogP contribution in [0.25, 0.3) is 10.2 Å². The average Bonchev–Trinajstić information content (AvgIpc) is 3.24. The molecule has 27 heavy (non-hydrogen) atoms. The van der Waals surface area contributed by atoms with Crippen molar-refractivity contribution in [2.45, 2.75) is 52.5 Å². The standard InChI is InChI=1S/C20H28N4O2S/c1-13-6-3-9-23(12-13)10-5-8-21-18(25)17-14(2)16-19(27-17)22-15-7-4-11-24(15)20(16)26/h13H,3-12H2,1-2H3,(H,21,25). The van der Waals surface area contributed by atoms with Gasteiger partial charge in [-0.05, 0) is 57.2 Å². The van der Waals surface area contributed by atoms with Gasteiger partial charge in [0, 0.05) is 26.1 Å². The van der Waals surface area contributed by atoms with Crippen LogP contribution in [0.3, 0.4) is 0 Å². The molecule has 4 heterocycles. The van der Waals surface area contributed by atoms with Crippen LogP contribution in [0, 0.1) is 12.8 Å². The second-order valence-corrected chi connectivity index (χ2v) is 8.98. The Balaban J connectivity index is 1.40. The van der Waals surface area contributed by atoms with E-state index in [1.807, 2.05) is 6.92 Å². The number of carbonyl (C=O) groups excluding carboxylic acids is 1. The Morgan fingerprint density at radius 2 is 2.19 bits per heavy atom. The fourth-order valence-corrected chi connectivity index (χ4v) is 5.47. The molecule has 1 fully saturated rings. The molecule has 1 amide bonds. The minimum absolute atomic E-state index is 0.0134. The first-order valence-electron chi connectivity index (χ1n) is 10.1. The average molecular weight is 389 g/mol. The summed E-state index contributed by atoms with van der Waals surface area (Å²) in [6.07, 6.45) is 5.38. The Kier molecular flexibility index (Phi) is 5.32. The third kappa shape index (κ3) is 3.67. The van der Waals surface area contributed by atoms with Crippen molar-refractivity contribution in [3.63, 3.8) is 0 Å². The number of aryl methyl sites for hydroxylation is 2. The van der Waals surface area contributed by atoms with Crippen molar-refractivity contribution in [3.05, 3.63) is 26.6 Å². The van der Waals surface area contributed by atoms with E-state index < -0.39 is 0 Å². The summed E-state index contributed by atoms with van der Waals surface area (Å²) >= 11 is 1.35. The predicted octanol–water partition coefficient (Wildman–Crippen LogP) is 2.56. The molecule has 2 aliphatic rings. The highest BCUT2D eigenvalue weighted by Crippen LogP contribution is 2.28. The lowest BCUT2D eigenvalue weighted by molar-refractivity contribution is 0.0953. The third-order valence-corrected chi connectivity index (χ3v) is 6.98. The first kappa shape index (κ1) is 18.6. The molecular formula is C20H28N4O2S. The van der Waals surface area contributed by atoms with Crippen LogP contribution < -0.4 is 10.9 Å². The van der Waals surface area contributed by atoms with Gasteiger partial charge < -0.3 is 10.2 Å². The molecule has 7 heteroatoms. The summed E-state index contributed by atoms with van der Waals surface area (Å²) in [5, 5.41) is 3.66. The number of hydrogen-bond acceptors (Lipinski definition) is 5. The SMILES string of the molecule is Cc1c(C(=O)NCCCN2CCCC(C)C2)sc2nc3n(c(=O)c12)CCC3. The van der Waals surface area contributed by atoms with E-state index in [2.05, 4.69) is 22.1 Å². The van der Waals surface area contributed by atoms with Crippen molar-refractivity contribution >= 4 is 27.5 Å². The molecule has 1 N–H and O–H groups in total. The molecule has 0 aromatic carbocycles. The number of thiophene rings is 1. The molecule has 2 aromatic rings. The maximum atomic E-state index is 12.7. The summed E-state index contributed by atoms with van der Waals surface area (Å²) in [6, 6.07) is 0. The highest BCUT2D eigenvalue weighted by atomic mass is 32.1. The van der Waals surface area contributed by atoms with Crippen LogP contribution in [0.2, 0.25) is 0 Å². The molecule has 1 saturated heterocycles. The molecule has 0 spiro atoms. The molecular weight excluding hydrogens is 360 g/mol. The summed E-state index contributed by atoms with van der Waals surface area (Å²) in [6.45, 7) is 8.96. The van der Waals surface area contributed by atoms with Crippen molar-refractivity contribution in [2.75, 3.05) is 26.2 Å². The van der Waals surface area contributed by atoms with E-state index in [4.69, 9.17) is 0 Å². The van der Waals surface area contributed by atoms with Crippen molar-refractivity contribution in [1.29, 1.82) is 0 Å². The quantitative estimate of drug-likeness (QED) is 0.800. The lowest BCUT2D eigenvalue weighted by Crippen LogP contribution is -2.36. The Morgan fingerprint density at radius 3 is 3.00 bits per heavy atom. The zero-order valence-electron chi connectivity index (χ0n) is 16.2. The second kappa shape index (κ2) is 7.72. The van der Waals surface area contributed by atoms with Crippen LogP contribution in [0.1, 0.15) is 53.7 Å². The van der Waals surface area contributed by atoms with E-state index in [0.717, 1.165) is 49.7 Å². The Hall–Kier alpha value is -1.73. The van der Waals surface area contributed by atoms with E-state index >= 15 is 0 Å². The zero-order valence-corrected chi connectivity index (χ0v) is 17.0. The number of hydrogen-bond donors (Lipinski definition) is 1. The highest BCUT2D eigenvalue weighted by molar-refractivity contribution is 7.20. The van der Waals surface area contributed by atoms with Crippen molar-refractivity contribution in [1.82, 2.24) is 19.8 Å². The van der Waals surface area contributed by atoms with Crippen LogP contribution in [0.4, 0.5) is 0 Å². The normalized spacial score (nSPS) is 20.1. The van der Waals surface area contributed by atoms with Gasteiger partial charge in [-0.25, -0.2) is 4.98 Å². The van der Waals surface area contributed by atoms with Crippen LogP contribution in [0.15, 0.2) is 4.79 Å². The minimum Gasteiger partial charge on any atom is -0.351 e. The van der Waals surface area contributed by atoms with Gasteiger partial charge >= 0.3 is 0 Å². The van der Waals surface area contributed by atoms with Crippen LogP contribution in [0.5, 0.6) is 0 Å². The number of amides is 1. The Morgan fingerprint density at radius 1 is 1.33 bits per heavy atom. The Bertz CT molecular complexity index is 917. The maximum absolute atomic E-state index is 12.7. The van der Waals surface area contributed by atoms with E-state index in [0.29, 0.717) is 21.6 Å². The summed E-state index contributed by atoms with van der Waals surface area (Å²) in [5.41, 5.74) is 0.788. The molecule has 4 rings (SSSR count). The van der Waals surface area contributed by atoms with Crippen LogP contribution in [-0.2, 0) is 13.0 Å². The van der Waals surface area contributed by atoms with E-state index in [1.54, 1.807) is 4.57 Å². The number of nitrogens with zero attached hydrogens (tertiary/aromatic N) is 3. The summed E-state index contributed by atoms with van der Waals surface area (Å²) in [4.78, 5) is 33.9. The van der Waals surface area contributed by atoms with Gasteiger partial charge in [0.05, 0.1) is 10.3 Å². The highest BCUT2D eigenvalue weighted by Gasteiger charge is 2.23. The van der Waals surface area contributed by atoms with Gasteiger partial charge in [-0.3, -0.25) is 14.2 Å². The lowest BCUT2D eigenvalue weighted by atomic mass is 10.0. The molecule has 2 aromatic heterocycles. The molecule has 2 aliphatic heterocycles. The zero-order chi connectivity index (χ0) is 19.0. The molecule has 0 radical (unpaired) electrons. The summed E-state index contributed by atoms with van der Waals surface area (Å²) < 4.78 is 1.77. The number of carbonyl (C=O) groups is 1. The van der Waals surface area contributed by atoms with Gasteiger partial charge in [0.25, 0.3) is 11.5 Å². The molecule has 146 valence electrons. The number of fused-ring (bicyclic) bond motifs is 2. The predicted molar refractivity (Wildman–Crippen MR) is 109 cm³/mol. The van der Waals surface area contributed by atoms with Gasteiger partial charge in [0.2, 0.25) is 0 Å². The third-order valence-electron chi connectivity index (χ3n) is 5.80. The lowest BCUT2D eigenvalue weighted by Gasteiger charge is -2.30. The molecule has 1 unspecified atom stereocenters. The van der Waals surface area contributed by atoms with Crippen molar-refractivity contribution in [3.8, 4) is 0 Å². The van der Waals surface area contributed by atoms with E-state index in [9.17, 15) is 9.59 Å². The number of piperidine rings is 1. The van der Waals surface area contributed by atoms with Gasteiger partial charge in [-0.15, -0.1) is 11.3 Å². The summed E-state index contributed by atoms with van der Waals surface area (Å²) in [5.74, 6) is 1.56. The number of likely N-dealkylation sites (tertiary alicyclic amines) is 1. The summed E-state index contributed by atoms with van der Waals surface area (Å²) in [7, 11) is 0. The van der Waals surface area contributed by atoms with Gasteiger partial charge in [-0.2, -0.15) is 0 Å². The smallest absolute Gasteiger partial charge is 0.262 e. The van der Waals surface area contributed by atoms with Crippen LogP contribution >= 0.6 is 11.3 Å². The van der Waals surface area contributed by atoms with Gasteiger partial charge in [-0.1, -0.05) is 6.92 Å². The molecule has 1 atom stereocenters. The van der Waals surface area contributed by atoms with Crippen LogP contribution in [-0.4, -0.2) is 46.5 Å². The monoisotopic (exact) mass is 388 g/mol. The van der Waals surface area contributed by atoms with Gasteiger partial charge in [0.1, 0.15) is 10.7 Å². The first-order chi connectivity index (χ1) is 13.0. The number of aromatic nitrogens is 2. The number of nitrogens with one attached hydrogen (secondary N) is 1. The fourth-order valence-electron chi connectivity index (χ4n) is 4.37. The van der Waals surface area contributed by atoms with Crippen molar-refractivity contribution < 1.29 is 4.79 Å². The van der Waals surface area contributed by atoms with E-state index in [1.165, 1.54) is 37.3 Å². The van der Waals surface area contributed by atoms with Crippen molar-refractivity contribution in [2.24, 2.45) is 5.92 Å². The second-order valence-electron chi connectivity index (χ2n) is 7.98. The fraction of sp³-hybridized carbons (Fsp3) is 0.650. The molecule has 0 aliphatic carbocycles. The molecule has 6 nitrogen and oxygen atoms in total. The molecule has 0 saturated carbocycles. The maximum Gasteiger partial charge on any atom is 0.262 e. The molecule has 0 bridgehead atoms. The largest absolute Gasteiger partial charge is 0.351 e. The topological polar surface area (TPSA) is 67.2 Å².